The maximum absolute atomic E-state index is 11.8. The third-order valence-electron chi connectivity index (χ3n) is 2.76. The number of rotatable bonds is 7. The molecule has 2 N–H and O–H groups in total. The fourth-order valence-corrected chi connectivity index (χ4v) is 2.01. The van der Waals surface area contributed by atoms with E-state index >= 15 is 0 Å². The molecule has 0 radical (unpaired) electrons. The maximum atomic E-state index is 11.8. The van der Waals surface area contributed by atoms with Crippen LogP contribution in [-0.4, -0.2) is 23.0 Å². The predicted molar refractivity (Wildman–Crippen MR) is 70.7 cm³/mol. The van der Waals surface area contributed by atoms with Crippen molar-refractivity contribution in [2.24, 2.45) is 5.41 Å². The molecule has 1 unspecified atom stereocenters. The van der Waals surface area contributed by atoms with Gasteiger partial charge in [0.1, 0.15) is 5.76 Å². The first-order chi connectivity index (χ1) is 8.78. The lowest BCUT2D eigenvalue weighted by Crippen LogP contribution is -2.37. The van der Waals surface area contributed by atoms with E-state index in [1.165, 1.54) is 0 Å². The number of aliphatic carboxylic acids is 1. The van der Waals surface area contributed by atoms with Gasteiger partial charge in [-0.2, -0.15) is 0 Å². The van der Waals surface area contributed by atoms with Gasteiger partial charge < -0.3 is 14.8 Å². The van der Waals surface area contributed by atoms with Crippen LogP contribution in [0.2, 0.25) is 0 Å². The smallest absolute Gasteiger partial charge is 0.303 e. The molecule has 1 rings (SSSR count). The molecule has 1 aromatic heterocycles. The van der Waals surface area contributed by atoms with Crippen LogP contribution in [0.5, 0.6) is 0 Å². The van der Waals surface area contributed by atoms with E-state index in [2.05, 4.69) is 5.32 Å². The SMILES string of the molecule is CC(Cc1ccco1)NC(=O)CC(C)(C)CC(=O)O. The topological polar surface area (TPSA) is 79.5 Å². The summed E-state index contributed by atoms with van der Waals surface area (Å²) in [6.07, 6.45) is 2.40. The van der Waals surface area contributed by atoms with Crippen molar-refractivity contribution in [3.63, 3.8) is 0 Å². The molecular weight excluding hydrogens is 246 g/mol. The van der Waals surface area contributed by atoms with Crippen LogP contribution >= 0.6 is 0 Å². The second-order valence-electron chi connectivity index (χ2n) is 5.66. The normalized spacial score (nSPS) is 13.0. The van der Waals surface area contributed by atoms with Crippen LogP contribution in [0.3, 0.4) is 0 Å². The van der Waals surface area contributed by atoms with Crippen molar-refractivity contribution >= 4 is 11.9 Å². The van der Waals surface area contributed by atoms with Crippen LogP contribution in [0.4, 0.5) is 0 Å². The lowest BCUT2D eigenvalue weighted by atomic mass is 9.85. The van der Waals surface area contributed by atoms with Gasteiger partial charge in [-0.15, -0.1) is 0 Å². The van der Waals surface area contributed by atoms with Crippen molar-refractivity contribution in [3.8, 4) is 0 Å². The Kier molecular flexibility index (Phi) is 5.15. The molecule has 0 aliphatic heterocycles. The third-order valence-corrected chi connectivity index (χ3v) is 2.76. The highest BCUT2D eigenvalue weighted by Gasteiger charge is 2.25. The Hall–Kier alpha value is -1.78. The van der Waals surface area contributed by atoms with Crippen LogP contribution < -0.4 is 5.32 Å². The molecule has 0 saturated carbocycles. The van der Waals surface area contributed by atoms with Crippen molar-refractivity contribution in [1.82, 2.24) is 5.32 Å². The molecule has 1 atom stereocenters. The Balaban J connectivity index is 2.40. The number of carbonyl (C=O) groups is 2. The summed E-state index contributed by atoms with van der Waals surface area (Å²) in [6.45, 7) is 5.44. The molecule has 5 nitrogen and oxygen atoms in total. The standard InChI is InChI=1S/C14H21NO4/c1-10(7-11-5-4-6-19-11)15-12(16)8-14(2,3)9-13(17)18/h4-6,10H,7-9H2,1-3H3,(H,15,16)(H,17,18). The first kappa shape index (κ1) is 15.3. The minimum Gasteiger partial charge on any atom is -0.481 e. The second-order valence-corrected chi connectivity index (χ2v) is 5.66. The summed E-state index contributed by atoms with van der Waals surface area (Å²) in [6, 6.07) is 3.62. The van der Waals surface area contributed by atoms with Gasteiger partial charge in [0.2, 0.25) is 5.91 Å². The number of furan rings is 1. The molecule has 0 fully saturated rings. The molecule has 1 amide bonds. The predicted octanol–water partition coefficient (Wildman–Crippen LogP) is 2.22. The fourth-order valence-electron chi connectivity index (χ4n) is 2.01. The van der Waals surface area contributed by atoms with Crippen LogP contribution in [-0.2, 0) is 16.0 Å². The molecule has 0 spiro atoms. The summed E-state index contributed by atoms with van der Waals surface area (Å²) in [5, 5.41) is 11.6. The van der Waals surface area contributed by atoms with Crippen molar-refractivity contribution in [2.45, 2.75) is 46.1 Å². The zero-order valence-electron chi connectivity index (χ0n) is 11.6. The van der Waals surface area contributed by atoms with Gasteiger partial charge in [-0.05, 0) is 24.5 Å². The Morgan fingerprint density at radius 3 is 2.63 bits per heavy atom. The molecule has 0 aliphatic rings. The number of carboxylic acids is 1. The average molecular weight is 267 g/mol. The van der Waals surface area contributed by atoms with E-state index in [4.69, 9.17) is 9.52 Å². The molecule has 106 valence electrons. The molecule has 0 bridgehead atoms. The maximum Gasteiger partial charge on any atom is 0.303 e. The van der Waals surface area contributed by atoms with Gasteiger partial charge in [0.25, 0.3) is 0 Å². The molecule has 5 heteroatoms. The Morgan fingerprint density at radius 1 is 1.42 bits per heavy atom. The summed E-state index contributed by atoms with van der Waals surface area (Å²) in [5.74, 6) is -0.204. The summed E-state index contributed by atoms with van der Waals surface area (Å²) < 4.78 is 5.21. The number of nitrogens with one attached hydrogen (secondary N) is 1. The largest absolute Gasteiger partial charge is 0.481 e. The monoisotopic (exact) mass is 267 g/mol. The van der Waals surface area contributed by atoms with Crippen molar-refractivity contribution in [1.29, 1.82) is 0 Å². The molecule has 19 heavy (non-hydrogen) atoms. The highest BCUT2D eigenvalue weighted by atomic mass is 16.4. The van der Waals surface area contributed by atoms with Crippen LogP contribution in [0.25, 0.3) is 0 Å². The summed E-state index contributed by atoms with van der Waals surface area (Å²) in [5.41, 5.74) is -0.541. The minimum absolute atomic E-state index is 0.0208. The van der Waals surface area contributed by atoms with E-state index in [0.29, 0.717) is 6.42 Å². The number of carboxylic acid groups (broad SMARTS) is 1. The molecule has 1 aromatic rings. The van der Waals surface area contributed by atoms with E-state index < -0.39 is 11.4 Å². The molecule has 1 heterocycles. The van der Waals surface area contributed by atoms with Crippen LogP contribution in [0.1, 0.15) is 39.4 Å². The van der Waals surface area contributed by atoms with Crippen molar-refractivity contribution in [2.75, 3.05) is 0 Å². The molecule has 0 aliphatic carbocycles. The van der Waals surface area contributed by atoms with Gasteiger partial charge in [-0.3, -0.25) is 9.59 Å². The quantitative estimate of drug-likeness (QED) is 0.793. The average Bonchev–Trinajstić information content (AvgIpc) is 2.65. The van der Waals surface area contributed by atoms with Gasteiger partial charge in [-0.25, -0.2) is 0 Å². The van der Waals surface area contributed by atoms with Gasteiger partial charge in [-0.1, -0.05) is 13.8 Å². The van der Waals surface area contributed by atoms with E-state index in [0.717, 1.165) is 5.76 Å². The second kappa shape index (κ2) is 6.41. The third kappa shape index (κ3) is 6.08. The van der Waals surface area contributed by atoms with Gasteiger partial charge in [0.05, 0.1) is 12.7 Å². The van der Waals surface area contributed by atoms with Crippen molar-refractivity contribution < 1.29 is 19.1 Å². The highest BCUT2D eigenvalue weighted by Crippen LogP contribution is 2.24. The van der Waals surface area contributed by atoms with Gasteiger partial charge in [0.15, 0.2) is 0 Å². The number of amides is 1. The summed E-state index contributed by atoms with van der Waals surface area (Å²) >= 11 is 0. The zero-order valence-corrected chi connectivity index (χ0v) is 11.6. The number of hydrogen-bond donors (Lipinski definition) is 2. The fraction of sp³-hybridized carbons (Fsp3) is 0.571. The summed E-state index contributed by atoms with van der Waals surface area (Å²) in [7, 11) is 0. The molecule has 0 saturated heterocycles. The minimum atomic E-state index is -0.888. The first-order valence-electron chi connectivity index (χ1n) is 6.32. The highest BCUT2D eigenvalue weighted by molar-refractivity contribution is 5.78. The number of hydrogen-bond acceptors (Lipinski definition) is 3. The van der Waals surface area contributed by atoms with Crippen LogP contribution in [0, 0.1) is 5.41 Å². The lowest BCUT2D eigenvalue weighted by molar-refractivity contribution is -0.139. The molecule has 0 aromatic carbocycles. The van der Waals surface area contributed by atoms with E-state index in [9.17, 15) is 9.59 Å². The number of carbonyl (C=O) groups excluding carboxylic acids is 1. The Labute approximate surface area is 113 Å². The van der Waals surface area contributed by atoms with E-state index in [1.54, 1.807) is 26.2 Å². The Morgan fingerprint density at radius 2 is 2.11 bits per heavy atom. The summed E-state index contributed by atoms with van der Waals surface area (Å²) in [4.78, 5) is 22.5. The van der Waals surface area contributed by atoms with Crippen LogP contribution in [0.15, 0.2) is 22.8 Å². The Bertz CT molecular complexity index is 423. The zero-order chi connectivity index (χ0) is 14.5. The first-order valence-corrected chi connectivity index (χ1v) is 6.32. The van der Waals surface area contributed by atoms with Gasteiger partial charge >= 0.3 is 5.97 Å². The lowest BCUT2D eigenvalue weighted by Gasteiger charge is -2.22. The van der Waals surface area contributed by atoms with E-state index in [-0.39, 0.29) is 24.8 Å². The molecular formula is C14H21NO4. The van der Waals surface area contributed by atoms with E-state index in [1.807, 2.05) is 13.0 Å². The van der Waals surface area contributed by atoms with Crippen molar-refractivity contribution in [3.05, 3.63) is 24.2 Å². The van der Waals surface area contributed by atoms with Gasteiger partial charge in [0, 0.05) is 18.9 Å².